The molecule has 0 saturated carbocycles. The minimum Gasteiger partial charge on any atom is -0.369 e. The van der Waals surface area contributed by atoms with E-state index in [1.807, 2.05) is 36.4 Å². The molecule has 4 rings (SSSR count). The number of halogens is 2. The van der Waals surface area contributed by atoms with Crippen LogP contribution in [0.5, 0.6) is 0 Å². The van der Waals surface area contributed by atoms with Crippen LogP contribution in [-0.2, 0) is 10.2 Å². The average molecular weight is 432 g/mol. The molecule has 1 atom stereocenters. The molecule has 154 valence electrons. The fourth-order valence-corrected chi connectivity index (χ4v) is 5.27. The fraction of sp³-hybridized carbons (Fsp3) is 0.435. The minimum absolute atomic E-state index is 0.0916. The number of fused-ring (bicyclic) bond motifs is 1. The third-order valence-corrected chi connectivity index (χ3v) is 6.95. The predicted octanol–water partition coefficient (Wildman–Crippen LogP) is 5.20. The van der Waals surface area contributed by atoms with E-state index in [0.29, 0.717) is 5.02 Å². The van der Waals surface area contributed by atoms with E-state index >= 15 is 0 Å². The van der Waals surface area contributed by atoms with Crippen molar-refractivity contribution in [1.29, 1.82) is 0 Å². The number of anilines is 2. The van der Waals surface area contributed by atoms with Gasteiger partial charge in [-0.15, -0.1) is 0 Å². The maximum atomic E-state index is 12.8. The van der Waals surface area contributed by atoms with Gasteiger partial charge in [0.05, 0.1) is 5.41 Å². The van der Waals surface area contributed by atoms with Crippen LogP contribution in [-0.4, -0.2) is 43.5 Å². The van der Waals surface area contributed by atoms with Gasteiger partial charge in [0.25, 0.3) is 0 Å². The molecule has 1 N–H and O–H groups in total. The second-order valence-corrected chi connectivity index (χ2v) is 8.81. The molecule has 0 aliphatic carbocycles. The lowest BCUT2D eigenvalue weighted by Crippen LogP contribution is -2.47. The normalized spacial score (nSPS) is 21.9. The van der Waals surface area contributed by atoms with Crippen LogP contribution in [0.2, 0.25) is 10.0 Å². The topological polar surface area (TPSA) is 35.6 Å². The third kappa shape index (κ3) is 3.98. The molecule has 0 aromatic heterocycles. The molecule has 2 aromatic rings. The van der Waals surface area contributed by atoms with Gasteiger partial charge >= 0.3 is 0 Å². The Hall–Kier alpha value is -1.75. The number of carbonyl (C=O) groups is 1. The molecule has 0 spiro atoms. The summed E-state index contributed by atoms with van der Waals surface area (Å²) < 4.78 is 0. The highest BCUT2D eigenvalue weighted by atomic mass is 35.5. The quantitative estimate of drug-likeness (QED) is 0.682. The van der Waals surface area contributed by atoms with Gasteiger partial charge in [-0.2, -0.15) is 0 Å². The van der Waals surface area contributed by atoms with Crippen LogP contribution in [0.3, 0.4) is 0 Å². The largest absolute Gasteiger partial charge is 0.369 e. The first-order valence-electron chi connectivity index (χ1n) is 10.4. The van der Waals surface area contributed by atoms with Crippen molar-refractivity contribution in [2.24, 2.45) is 0 Å². The first-order valence-corrected chi connectivity index (χ1v) is 11.1. The summed E-state index contributed by atoms with van der Waals surface area (Å²) in [7, 11) is 0. The van der Waals surface area contributed by atoms with Crippen molar-refractivity contribution >= 4 is 40.5 Å². The zero-order valence-electron chi connectivity index (χ0n) is 16.8. The molecule has 2 heterocycles. The number of hydrogen-bond donors (Lipinski definition) is 1. The summed E-state index contributed by atoms with van der Waals surface area (Å²) in [5.74, 6) is 0.0916. The highest BCUT2D eigenvalue weighted by Gasteiger charge is 2.46. The molecular weight excluding hydrogens is 405 g/mol. The Bertz CT molecular complexity index is 895. The number of nitrogens with zero attached hydrogens (tertiary/aromatic N) is 2. The molecule has 1 fully saturated rings. The monoisotopic (exact) mass is 431 g/mol. The third-order valence-electron chi connectivity index (χ3n) is 6.40. The van der Waals surface area contributed by atoms with Crippen molar-refractivity contribution in [2.75, 3.05) is 42.9 Å². The number of rotatable bonds is 6. The fourth-order valence-electron chi connectivity index (χ4n) is 4.73. The van der Waals surface area contributed by atoms with E-state index in [1.54, 1.807) is 0 Å². The van der Waals surface area contributed by atoms with Crippen LogP contribution >= 0.6 is 23.2 Å². The van der Waals surface area contributed by atoms with Crippen LogP contribution in [0.1, 0.15) is 31.7 Å². The number of piperazine rings is 1. The van der Waals surface area contributed by atoms with Crippen LogP contribution in [0, 0.1) is 0 Å². The number of nitrogens with one attached hydrogen (secondary N) is 1. The van der Waals surface area contributed by atoms with Gasteiger partial charge in [0.15, 0.2) is 0 Å². The molecule has 2 aromatic carbocycles. The number of benzene rings is 2. The highest BCUT2D eigenvalue weighted by Crippen LogP contribution is 2.46. The van der Waals surface area contributed by atoms with E-state index < -0.39 is 5.41 Å². The summed E-state index contributed by atoms with van der Waals surface area (Å²) in [6.45, 7) is 7.12. The lowest BCUT2D eigenvalue weighted by Gasteiger charge is -2.36. The standard InChI is InChI=1S/C23H27Cl2N3O/c1-2-23(21-19(25)8-4-9-20(21)26-22(23)29)10-5-11-27-12-14-28(15-13-27)18-7-3-6-17(24)16-18/h3-4,6-9,16H,2,5,10-15H2,1H3,(H,26,29). The molecule has 2 aliphatic heterocycles. The van der Waals surface area contributed by atoms with E-state index in [1.165, 1.54) is 5.69 Å². The summed E-state index contributed by atoms with van der Waals surface area (Å²) in [6.07, 6.45) is 2.56. The average Bonchev–Trinajstić information content (AvgIpc) is 3.01. The van der Waals surface area contributed by atoms with Gasteiger partial charge in [0.2, 0.25) is 5.91 Å². The maximum Gasteiger partial charge on any atom is 0.235 e. The van der Waals surface area contributed by atoms with Crippen LogP contribution < -0.4 is 10.2 Å². The molecule has 0 bridgehead atoms. The molecule has 1 unspecified atom stereocenters. The minimum atomic E-state index is -0.504. The second kappa shape index (κ2) is 8.55. The number of hydrogen-bond acceptors (Lipinski definition) is 3. The molecule has 1 amide bonds. The highest BCUT2D eigenvalue weighted by molar-refractivity contribution is 6.33. The Morgan fingerprint density at radius 1 is 1.07 bits per heavy atom. The Labute approximate surface area is 182 Å². The lowest BCUT2D eigenvalue weighted by atomic mass is 9.75. The molecule has 6 heteroatoms. The van der Waals surface area contributed by atoms with Crippen LogP contribution in [0.15, 0.2) is 42.5 Å². The Kier molecular flexibility index (Phi) is 6.05. The van der Waals surface area contributed by atoms with Crippen molar-refractivity contribution in [3.63, 3.8) is 0 Å². The summed E-state index contributed by atoms with van der Waals surface area (Å²) >= 11 is 12.6. The zero-order chi connectivity index (χ0) is 20.4. The van der Waals surface area contributed by atoms with Crippen molar-refractivity contribution < 1.29 is 4.79 Å². The molecule has 0 radical (unpaired) electrons. The lowest BCUT2D eigenvalue weighted by molar-refractivity contribution is -0.121. The summed E-state index contributed by atoms with van der Waals surface area (Å²) in [4.78, 5) is 17.7. The van der Waals surface area contributed by atoms with Gasteiger partial charge in [0.1, 0.15) is 0 Å². The van der Waals surface area contributed by atoms with Crippen LogP contribution in [0.25, 0.3) is 0 Å². The van der Waals surface area contributed by atoms with E-state index in [0.717, 1.165) is 68.3 Å². The van der Waals surface area contributed by atoms with Gasteiger partial charge in [-0.1, -0.05) is 42.3 Å². The van der Waals surface area contributed by atoms with Gasteiger partial charge in [0, 0.05) is 53.2 Å². The molecule has 4 nitrogen and oxygen atoms in total. The second-order valence-electron chi connectivity index (χ2n) is 7.96. The van der Waals surface area contributed by atoms with E-state index in [9.17, 15) is 4.79 Å². The first kappa shape index (κ1) is 20.5. The smallest absolute Gasteiger partial charge is 0.235 e. The maximum absolute atomic E-state index is 12.8. The van der Waals surface area contributed by atoms with Crippen molar-refractivity contribution in [3.8, 4) is 0 Å². The predicted molar refractivity (Wildman–Crippen MR) is 121 cm³/mol. The molecule has 2 aliphatic rings. The molecule has 1 saturated heterocycles. The SMILES string of the molecule is CCC1(CCCN2CCN(c3cccc(Cl)c3)CC2)C(=O)Nc2cccc(Cl)c21. The summed E-state index contributed by atoms with van der Waals surface area (Å²) in [5.41, 5.74) is 2.55. The first-order chi connectivity index (χ1) is 14.0. The van der Waals surface area contributed by atoms with Gasteiger partial charge in [-0.05, 0) is 56.1 Å². The molecule has 29 heavy (non-hydrogen) atoms. The molecular formula is C23H27Cl2N3O. The number of amides is 1. The van der Waals surface area contributed by atoms with Gasteiger partial charge < -0.3 is 10.2 Å². The Morgan fingerprint density at radius 2 is 1.83 bits per heavy atom. The number of carbonyl (C=O) groups excluding carboxylic acids is 1. The Morgan fingerprint density at radius 3 is 2.55 bits per heavy atom. The van der Waals surface area contributed by atoms with Crippen molar-refractivity contribution in [2.45, 2.75) is 31.6 Å². The summed E-state index contributed by atoms with van der Waals surface area (Å²) in [6, 6.07) is 13.8. The van der Waals surface area contributed by atoms with Gasteiger partial charge in [-0.3, -0.25) is 9.69 Å². The van der Waals surface area contributed by atoms with Crippen molar-refractivity contribution in [3.05, 3.63) is 58.1 Å². The van der Waals surface area contributed by atoms with E-state index in [2.05, 4.69) is 28.1 Å². The van der Waals surface area contributed by atoms with Crippen LogP contribution in [0.4, 0.5) is 11.4 Å². The van der Waals surface area contributed by atoms with E-state index in [4.69, 9.17) is 23.2 Å². The van der Waals surface area contributed by atoms with Gasteiger partial charge in [-0.25, -0.2) is 0 Å². The Balaban J connectivity index is 1.35. The van der Waals surface area contributed by atoms with E-state index in [-0.39, 0.29) is 5.91 Å². The zero-order valence-corrected chi connectivity index (χ0v) is 18.3. The van der Waals surface area contributed by atoms with Crippen molar-refractivity contribution in [1.82, 2.24) is 4.90 Å². The summed E-state index contributed by atoms with van der Waals surface area (Å²) in [5, 5.41) is 4.52.